The maximum absolute atomic E-state index is 13.2. The lowest BCUT2D eigenvalue weighted by Gasteiger charge is -2.29. The van der Waals surface area contributed by atoms with E-state index >= 15 is 0 Å². The molecule has 1 aromatic heterocycles. The molecule has 4 rings (SSSR count). The van der Waals surface area contributed by atoms with Gasteiger partial charge >= 0.3 is 12.1 Å². The molecule has 2 aliphatic rings. The van der Waals surface area contributed by atoms with E-state index in [1.165, 1.54) is 12.0 Å². The van der Waals surface area contributed by atoms with Gasteiger partial charge in [-0.25, -0.2) is 9.78 Å². The van der Waals surface area contributed by atoms with E-state index in [-0.39, 0.29) is 43.4 Å². The van der Waals surface area contributed by atoms with E-state index in [0.29, 0.717) is 18.6 Å². The number of hydrogen-bond acceptors (Lipinski definition) is 9. The highest BCUT2D eigenvalue weighted by Crippen LogP contribution is 2.35. The zero-order valence-electron chi connectivity index (χ0n) is 23.8. The summed E-state index contributed by atoms with van der Waals surface area (Å²) in [6.07, 6.45) is 1.48. The first-order chi connectivity index (χ1) is 18.9. The van der Waals surface area contributed by atoms with Crippen molar-refractivity contribution in [2.24, 2.45) is 5.92 Å². The van der Waals surface area contributed by atoms with E-state index in [4.69, 9.17) is 14.2 Å². The zero-order valence-corrected chi connectivity index (χ0v) is 24.6. The summed E-state index contributed by atoms with van der Waals surface area (Å²) >= 11 is 1.55. The Kier molecular flexibility index (Phi) is 9.35. The van der Waals surface area contributed by atoms with Crippen LogP contribution < -0.4 is 10.1 Å². The molecular weight excluding hydrogens is 534 g/mol. The fourth-order valence-electron chi connectivity index (χ4n) is 5.18. The third kappa shape index (κ3) is 7.31. The van der Waals surface area contributed by atoms with Crippen molar-refractivity contribution in [1.29, 1.82) is 0 Å². The van der Waals surface area contributed by atoms with Crippen LogP contribution in [0, 0.1) is 12.8 Å². The minimum absolute atomic E-state index is 0.0402. The number of methoxy groups -OCH3 is 1. The molecule has 218 valence electrons. The van der Waals surface area contributed by atoms with Crippen molar-refractivity contribution in [3.63, 3.8) is 0 Å². The van der Waals surface area contributed by atoms with Gasteiger partial charge in [0.1, 0.15) is 17.4 Å². The summed E-state index contributed by atoms with van der Waals surface area (Å²) in [6, 6.07) is 5.05. The van der Waals surface area contributed by atoms with Gasteiger partial charge in [0.15, 0.2) is 0 Å². The van der Waals surface area contributed by atoms with E-state index in [1.807, 2.05) is 25.1 Å². The fraction of sp³-hybridized carbons (Fsp3) is 0.586. The molecule has 10 nitrogen and oxygen atoms in total. The summed E-state index contributed by atoms with van der Waals surface area (Å²) in [5.41, 5.74) is 3.78. The number of nitrogens with zero attached hydrogens (tertiary/aromatic N) is 2. The van der Waals surface area contributed by atoms with Crippen LogP contribution in [0.3, 0.4) is 0 Å². The number of benzene rings is 1. The van der Waals surface area contributed by atoms with Crippen LogP contribution in [-0.2, 0) is 25.6 Å². The Morgan fingerprint density at radius 3 is 2.52 bits per heavy atom. The highest BCUT2D eigenvalue weighted by Gasteiger charge is 2.41. The van der Waals surface area contributed by atoms with E-state index in [9.17, 15) is 19.5 Å². The summed E-state index contributed by atoms with van der Waals surface area (Å²) in [7, 11) is 1.41. The molecule has 1 saturated heterocycles. The molecule has 11 heteroatoms. The average Bonchev–Trinajstić information content (AvgIpc) is 3.52. The van der Waals surface area contributed by atoms with Crippen LogP contribution in [0.1, 0.15) is 64.1 Å². The Morgan fingerprint density at radius 2 is 1.90 bits per heavy atom. The van der Waals surface area contributed by atoms with Crippen molar-refractivity contribution >= 4 is 29.3 Å². The van der Waals surface area contributed by atoms with Gasteiger partial charge in [0.2, 0.25) is 5.91 Å². The zero-order chi connectivity index (χ0) is 29.0. The molecule has 2 unspecified atom stereocenters. The highest BCUT2D eigenvalue weighted by molar-refractivity contribution is 7.13. The maximum atomic E-state index is 13.2. The van der Waals surface area contributed by atoms with Gasteiger partial charge in [-0.15, -0.1) is 11.3 Å². The number of aliphatic hydroxyl groups is 1. The second-order valence-corrected chi connectivity index (χ2v) is 12.3. The van der Waals surface area contributed by atoms with Crippen molar-refractivity contribution < 1.29 is 33.7 Å². The van der Waals surface area contributed by atoms with E-state index in [2.05, 4.69) is 10.3 Å². The molecule has 2 atom stereocenters. The topological polar surface area (TPSA) is 127 Å². The van der Waals surface area contributed by atoms with Crippen LogP contribution in [-0.4, -0.2) is 70.5 Å². The summed E-state index contributed by atoms with van der Waals surface area (Å²) in [5.74, 6) is 0.00309. The molecule has 1 saturated carbocycles. The van der Waals surface area contributed by atoms with E-state index in [1.54, 1.807) is 37.6 Å². The van der Waals surface area contributed by atoms with Crippen LogP contribution in [0.4, 0.5) is 4.79 Å². The van der Waals surface area contributed by atoms with Gasteiger partial charge in [-0.2, -0.15) is 0 Å². The third-order valence-electron chi connectivity index (χ3n) is 7.24. The normalized spacial score (nSPS) is 23.0. The first kappa shape index (κ1) is 29.8. The van der Waals surface area contributed by atoms with E-state index in [0.717, 1.165) is 34.5 Å². The minimum Gasteiger partial charge on any atom is -0.490 e. The van der Waals surface area contributed by atoms with Crippen molar-refractivity contribution in [2.75, 3.05) is 13.7 Å². The largest absolute Gasteiger partial charge is 0.490 e. The summed E-state index contributed by atoms with van der Waals surface area (Å²) in [5, 5.41) is 13.1. The fourth-order valence-corrected chi connectivity index (χ4v) is 5.98. The second-order valence-electron chi connectivity index (χ2n) is 11.5. The molecule has 0 bridgehead atoms. The number of aliphatic hydroxyl groups excluding tert-OH is 1. The molecule has 2 aromatic rings. The molecule has 2 fully saturated rings. The SMILES string of the molecule is COC(=O)C1CCC(Oc2cc(-c3scnc3C)ccc2CNC(=O)C2CC(O)CN2C(=O)OC(C)(C)C)CC1. The molecule has 1 aromatic carbocycles. The van der Waals surface area contributed by atoms with Crippen LogP contribution in [0.5, 0.6) is 5.75 Å². The van der Waals surface area contributed by atoms with Crippen molar-refractivity contribution in [1.82, 2.24) is 15.2 Å². The number of likely N-dealkylation sites (tertiary alicyclic amines) is 1. The molecule has 2 N–H and O–H groups in total. The number of nitrogens with one attached hydrogen (secondary N) is 1. The number of esters is 1. The molecule has 1 aliphatic carbocycles. The number of carbonyl (C=O) groups excluding carboxylic acids is 3. The first-order valence-corrected chi connectivity index (χ1v) is 14.6. The first-order valence-electron chi connectivity index (χ1n) is 13.7. The molecule has 2 heterocycles. The predicted molar refractivity (Wildman–Crippen MR) is 150 cm³/mol. The maximum Gasteiger partial charge on any atom is 0.411 e. The summed E-state index contributed by atoms with van der Waals surface area (Å²) < 4.78 is 16.8. The number of β-amino-alcohol motifs (C(OH)–C–C–N with tert-alkyl or cyclic N) is 1. The van der Waals surface area contributed by atoms with Crippen LogP contribution in [0.15, 0.2) is 23.7 Å². The van der Waals surface area contributed by atoms with Crippen LogP contribution >= 0.6 is 11.3 Å². The number of amides is 2. The standard InChI is InChI=1S/C29H39N3O7S/c1-17-25(40-16-31-17)19-6-7-20(24(12-19)38-22-10-8-18(9-11-22)27(35)37-5)14-30-26(34)23-13-21(33)15-32(23)28(36)39-29(2,3)4/h6-7,12,16,18,21-23,33H,8-11,13-15H2,1-5H3,(H,30,34). The minimum atomic E-state index is -0.832. The quantitative estimate of drug-likeness (QED) is 0.472. The van der Waals surface area contributed by atoms with Crippen molar-refractivity contribution in [3.05, 3.63) is 35.0 Å². The van der Waals surface area contributed by atoms with Gasteiger partial charge in [-0.1, -0.05) is 12.1 Å². The lowest BCUT2D eigenvalue weighted by Crippen LogP contribution is -2.47. The number of carbonyl (C=O) groups is 3. The summed E-state index contributed by atoms with van der Waals surface area (Å²) in [6.45, 7) is 7.45. The lowest BCUT2D eigenvalue weighted by molar-refractivity contribution is -0.147. The number of aromatic nitrogens is 1. The predicted octanol–water partition coefficient (Wildman–Crippen LogP) is 4.22. The molecule has 1 aliphatic heterocycles. The Balaban J connectivity index is 1.48. The third-order valence-corrected chi connectivity index (χ3v) is 8.22. The smallest absolute Gasteiger partial charge is 0.411 e. The van der Waals surface area contributed by atoms with Crippen LogP contribution in [0.2, 0.25) is 0 Å². The second kappa shape index (κ2) is 12.6. The Bertz CT molecular complexity index is 1220. The monoisotopic (exact) mass is 573 g/mol. The van der Waals surface area contributed by atoms with Gasteiger partial charge < -0.3 is 24.6 Å². The van der Waals surface area contributed by atoms with Gasteiger partial charge in [0.25, 0.3) is 0 Å². The number of ether oxygens (including phenoxy) is 3. The molecular formula is C29H39N3O7S. The Hall–Kier alpha value is -3.18. The lowest BCUT2D eigenvalue weighted by atomic mass is 9.87. The van der Waals surface area contributed by atoms with Gasteiger partial charge in [0, 0.05) is 18.5 Å². The van der Waals surface area contributed by atoms with Gasteiger partial charge in [0.05, 0.1) is 47.9 Å². The number of thiazole rings is 1. The average molecular weight is 574 g/mol. The van der Waals surface area contributed by atoms with Gasteiger partial charge in [-0.3, -0.25) is 14.5 Å². The van der Waals surface area contributed by atoms with Crippen molar-refractivity contribution in [2.45, 2.75) is 90.2 Å². The van der Waals surface area contributed by atoms with Crippen molar-refractivity contribution in [3.8, 4) is 16.2 Å². The van der Waals surface area contributed by atoms with Gasteiger partial charge in [-0.05, 0) is 65.0 Å². The van der Waals surface area contributed by atoms with E-state index < -0.39 is 23.8 Å². The highest BCUT2D eigenvalue weighted by atomic mass is 32.1. The Labute approximate surface area is 239 Å². The number of hydrogen-bond donors (Lipinski definition) is 2. The Morgan fingerprint density at radius 1 is 1.18 bits per heavy atom. The number of aryl methyl sites for hydroxylation is 1. The molecule has 40 heavy (non-hydrogen) atoms. The molecule has 0 spiro atoms. The number of rotatable bonds is 7. The molecule has 0 radical (unpaired) electrons. The molecule has 2 amide bonds. The van der Waals surface area contributed by atoms with Crippen LogP contribution in [0.25, 0.3) is 10.4 Å². The summed E-state index contributed by atoms with van der Waals surface area (Å²) in [4.78, 5) is 44.5.